The monoisotopic (exact) mass is 366 g/mol. The number of Topliss-reactive ketones (excluding diaryl/α,β-unsaturated/α-hetero) is 1. The molecular weight excluding hydrogens is 352 g/mol. The average molecular weight is 367 g/mol. The maximum absolute atomic E-state index is 12.4. The first-order chi connectivity index (χ1) is 9.65. The van der Waals surface area contributed by atoms with Gasteiger partial charge in [0.25, 0.3) is 0 Å². The maximum atomic E-state index is 12.4. The van der Waals surface area contributed by atoms with Crippen molar-refractivity contribution in [3.63, 3.8) is 0 Å². The van der Waals surface area contributed by atoms with Gasteiger partial charge in [-0.2, -0.15) is 0 Å². The molecule has 2 aromatic carbocycles. The first-order valence-corrected chi connectivity index (χ1v) is 9.48. The molecule has 0 aromatic heterocycles. The van der Waals surface area contributed by atoms with Crippen molar-refractivity contribution in [2.45, 2.75) is 14.6 Å². The summed E-state index contributed by atoms with van der Waals surface area (Å²) in [7, 11) is 0. The molecule has 1 nitrogen and oxygen atoms in total. The SMILES string of the molecule is CSc1ccc(C(=O)C(Br)c2ccc(SC)cc2)cc1. The van der Waals surface area contributed by atoms with Crippen molar-refractivity contribution in [1.29, 1.82) is 0 Å². The lowest BCUT2D eigenvalue weighted by Crippen LogP contribution is -2.06. The van der Waals surface area contributed by atoms with E-state index in [2.05, 4.69) is 15.9 Å². The van der Waals surface area contributed by atoms with E-state index in [0.717, 1.165) is 16.0 Å². The van der Waals surface area contributed by atoms with Gasteiger partial charge in [-0.15, -0.1) is 23.5 Å². The predicted octanol–water partition coefficient (Wildman–Crippen LogP) is 5.45. The maximum Gasteiger partial charge on any atom is 0.180 e. The number of hydrogen-bond donors (Lipinski definition) is 0. The van der Waals surface area contributed by atoms with Crippen molar-refractivity contribution in [2.75, 3.05) is 12.5 Å². The number of carbonyl (C=O) groups excluding carboxylic acids is 1. The van der Waals surface area contributed by atoms with Crippen molar-refractivity contribution < 1.29 is 4.79 Å². The summed E-state index contributed by atoms with van der Waals surface area (Å²) in [6.45, 7) is 0. The van der Waals surface area contributed by atoms with E-state index in [9.17, 15) is 4.79 Å². The van der Waals surface area contributed by atoms with Crippen molar-refractivity contribution >= 4 is 45.2 Å². The largest absolute Gasteiger partial charge is 0.293 e. The highest BCUT2D eigenvalue weighted by atomic mass is 79.9. The van der Waals surface area contributed by atoms with Gasteiger partial charge < -0.3 is 0 Å². The first-order valence-electron chi connectivity index (χ1n) is 6.12. The van der Waals surface area contributed by atoms with Gasteiger partial charge in [0.2, 0.25) is 0 Å². The minimum atomic E-state index is -0.293. The number of rotatable bonds is 5. The quantitative estimate of drug-likeness (QED) is 0.397. The fourth-order valence-electron chi connectivity index (χ4n) is 1.83. The Kier molecular flexibility index (Phi) is 5.75. The molecule has 0 saturated carbocycles. The molecule has 0 heterocycles. The highest BCUT2D eigenvalue weighted by Crippen LogP contribution is 2.29. The van der Waals surface area contributed by atoms with E-state index in [1.54, 1.807) is 23.5 Å². The molecule has 0 amide bonds. The fourth-order valence-corrected chi connectivity index (χ4v) is 3.21. The smallest absolute Gasteiger partial charge is 0.180 e. The summed E-state index contributed by atoms with van der Waals surface area (Å²) in [5.74, 6) is 0.0922. The van der Waals surface area contributed by atoms with Crippen LogP contribution in [-0.2, 0) is 0 Å². The van der Waals surface area contributed by atoms with E-state index in [0.29, 0.717) is 0 Å². The van der Waals surface area contributed by atoms with Gasteiger partial charge >= 0.3 is 0 Å². The normalized spacial score (nSPS) is 12.2. The second kappa shape index (κ2) is 7.34. The number of hydrogen-bond acceptors (Lipinski definition) is 3. The highest BCUT2D eigenvalue weighted by molar-refractivity contribution is 9.09. The van der Waals surface area contributed by atoms with E-state index in [-0.39, 0.29) is 10.6 Å². The molecule has 0 radical (unpaired) electrons. The van der Waals surface area contributed by atoms with Crippen LogP contribution in [0, 0.1) is 0 Å². The van der Waals surface area contributed by atoms with Crippen LogP contribution < -0.4 is 0 Å². The molecule has 0 bridgehead atoms. The van der Waals surface area contributed by atoms with Gasteiger partial charge in [0, 0.05) is 15.4 Å². The molecule has 2 aromatic rings. The van der Waals surface area contributed by atoms with Crippen LogP contribution in [0.2, 0.25) is 0 Å². The minimum Gasteiger partial charge on any atom is -0.293 e. The topological polar surface area (TPSA) is 17.1 Å². The van der Waals surface area contributed by atoms with Gasteiger partial charge in [0.05, 0.1) is 0 Å². The third kappa shape index (κ3) is 3.68. The van der Waals surface area contributed by atoms with Gasteiger partial charge in [-0.25, -0.2) is 0 Å². The van der Waals surface area contributed by atoms with Crippen LogP contribution in [0.3, 0.4) is 0 Å². The Labute approximate surface area is 136 Å². The van der Waals surface area contributed by atoms with Crippen LogP contribution in [0.1, 0.15) is 20.7 Å². The first kappa shape index (κ1) is 15.7. The molecular formula is C16H15BrOS2. The van der Waals surface area contributed by atoms with E-state index >= 15 is 0 Å². The van der Waals surface area contributed by atoms with Crippen molar-refractivity contribution in [1.82, 2.24) is 0 Å². The Hall–Kier alpha value is -0.710. The molecule has 0 aliphatic heterocycles. The summed E-state index contributed by atoms with van der Waals surface area (Å²) in [5.41, 5.74) is 1.72. The third-order valence-corrected chi connectivity index (χ3v) is 5.44. The zero-order valence-electron chi connectivity index (χ0n) is 11.3. The Morgan fingerprint density at radius 1 is 0.900 bits per heavy atom. The zero-order chi connectivity index (χ0) is 14.5. The summed E-state index contributed by atoms with van der Waals surface area (Å²) < 4.78 is 0. The summed E-state index contributed by atoms with van der Waals surface area (Å²) in [5, 5.41) is 0. The molecule has 0 fully saturated rings. The standard InChI is InChI=1S/C16H15BrOS2/c1-19-13-7-3-11(4-8-13)15(17)16(18)12-5-9-14(20-2)10-6-12/h3-10,15H,1-2H3. The Morgan fingerprint density at radius 2 is 1.35 bits per heavy atom. The molecule has 0 spiro atoms. The van der Waals surface area contributed by atoms with Crippen molar-refractivity contribution in [3.8, 4) is 0 Å². The van der Waals surface area contributed by atoms with Crippen LogP contribution in [-0.4, -0.2) is 18.3 Å². The zero-order valence-corrected chi connectivity index (χ0v) is 14.5. The molecule has 2 rings (SSSR count). The number of ketones is 1. The molecule has 0 saturated heterocycles. The summed E-state index contributed by atoms with van der Waals surface area (Å²) in [6.07, 6.45) is 4.07. The number of benzene rings is 2. The summed E-state index contributed by atoms with van der Waals surface area (Å²) in [6, 6.07) is 15.8. The molecule has 0 aliphatic rings. The lowest BCUT2D eigenvalue weighted by atomic mass is 10.0. The van der Waals surface area contributed by atoms with Crippen molar-refractivity contribution in [3.05, 3.63) is 59.7 Å². The van der Waals surface area contributed by atoms with E-state index < -0.39 is 0 Å². The summed E-state index contributed by atoms with van der Waals surface area (Å²) >= 11 is 6.88. The second-order valence-electron chi connectivity index (χ2n) is 4.23. The Morgan fingerprint density at radius 3 is 1.80 bits per heavy atom. The predicted molar refractivity (Wildman–Crippen MR) is 92.4 cm³/mol. The number of alkyl halides is 1. The Balaban J connectivity index is 2.17. The molecule has 20 heavy (non-hydrogen) atoms. The van der Waals surface area contributed by atoms with Crippen molar-refractivity contribution in [2.24, 2.45) is 0 Å². The number of halogens is 1. The molecule has 0 aliphatic carbocycles. The highest BCUT2D eigenvalue weighted by Gasteiger charge is 2.18. The van der Waals surface area contributed by atoms with Gasteiger partial charge in [0.1, 0.15) is 4.83 Å². The Bertz CT molecular complexity index is 578. The lowest BCUT2D eigenvalue weighted by molar-refractivity contribution is 0.0991. The third-order valence-electron chi connectivity index (χ3n) is 3.01. The van der Waals surface area contributed by atoms with Crippen LogP contribution in [0.25, 0.3) is 0 Å². The van der Waals surface area contributed by atoms with E-state index in [1.165, 1.54) is 4.90 Å². The fraction of sp³-hybridized carbons (Fsp3) is 0.188. The number of carbonyl (C=O) groups is 1. The molecule has 4 heteroatoms. The number of thioether (sulfide) groups is 2. The van der Waals surface area contributed by atoms with E-state index in [4.69, 9.17) is 0 Å². The van der Waals surface area contributed by atoms with E-state index in [1.807, 2.05) is 61.0 Å². The molecule has 1 atom stereocenters. The molecule has 0 N–H and O–H groups in total. The van der Waals surface area contributed by atoms with Crippen LogP contribution >= 0.6 is 39.5 Å². The molecule has 1 unspecified atom stereocenters. The van der Waals surface area contributed by atoms with Gasteiger partial charge in [0.15, 0.2) is 5.78 Å². The van der Waals surface area contributed by atoms with Crippen LogP contribution in [0.4, 0.5) is 0 Å². The average Bonchev–Trinajstić information content (AvgIpc) is 2.53. The second-order valence-corrected chi connectivity index (χ2v) is 6.90. The van der Waals surface area contributed by atoms with Gasteiger partial charge in [-0.1, -0.05) is 40.2 Å². The summed E-state index contributed by atoms with van der Waals surface area (Å²) in [4.78, 5) is 14.5. The van der Waals surface area contributed by atoms with Crippen LogP contribution in [0.15, 0.2) is 58.3 Å². The molecule has 104 valence electrons. The van der Waals surface area contributed by atoms with Gasteiger partial charge in [-0.05, 0) is 42.3 Å². The lowest BCUT2D eigenvalue weighted by Gasteiger charge is -2.10. The minimum absolute atomic E-state index is 0.0922. The van der Waals surface area contributed by atoms with Crippen LogP contribution in [0.5, 0.6) is 0 Å². The van der Waals surface area contributed by atoms with Gasteiger partial charge in [-0.3, -0.25) is 4.79 Å².